The van der Waals surface area contributed by atoms with Gasteiger partial charge in [0, 0.05) is 31.5 Å². The van der Waals surface area contributed by atoms with Gasteiger partial charge in [-0.15, -0.1) is 0 Å². The van der Waals surface area contributed by atoms with Crippen LogP contribution in [0.3, 0.4) is 0 Å². The van der Waals surface area contributed by atoms with Crippen molar-refractivity contribution in [2.24, 2.45) is 0 Å². The second-order valence-corrected chi connectivity index (χ2v) is 5.04. The highest BCUT2D eigenvalue weighted by Crippen LogP contribution is 2.18. The van der Waals surface area contributed by atoms with Crippen molar-refractivity contribution in [2.45, 2.75) is 0 Å². The Morgan fingerprint density at radius 3 is 2.57 bits per heavy atom. The van der Waals surface area contributed by atoms with Gasteiger partial charge in [-0.25, -0.2) is 4.98 Å². The van der Waals surface area contributed by atoms with Gasteiger partial charge in [-0.1, -0.05) is 23.4 Å². The van der Waals surface area contributed by atoms with Gasteiger partial charge >= 0.3 is 11.8 Å². The largest absolute Gasteiger partial charge is 0.363 e. The molecule has 0 saturated carbocycles. The molecule has 0 atom stereocenters. The van der Waals surface area contributed by atoms with Crippen LogP contribution in [0.2, 0.25) is 0 Å². The number of amides is 1. The summed E-state index contributed by atoms with van der Waals surface area (Å²) in [6, 6.07) is 12.7. The molecule has 0 bridgehead atoms. The number of hydrogen-bond acceptors (Lipinski definition) is 6. The SMILES string of the molecule is CN(C)c1ccc(-c2noc(C(=O)Nc3ccccc3)n2)cn1. The molecule has 7 heteroatoms. The molecule has 0 spiro atoms. The van der Waals surface area contributed by atoms with Crippen LogP contribution in [-0.2, 0) is 0 Å². The van der Waals surface area contributed by atoms with Crippen LogP contribution >= 0.6 is 0 Å². The van der Waals surface area contributed by atoms with Gasteiger partial charge in [-0.05, 0) is 24.3 Å². The molecule has 0 aliphatic carbocycles. The van der Waals surface area contributed by atoms with E-state index >= 15 is 0 Å². The molecule has 116 valence electrons. The van der Waals surface area contributed by atoms with Crippen molar-refractivity contribution in [3.63, 3.8) is 0 Å². The molecular formula is C16H15N5O2. The van der Waals surface area contributed by atoms with Crippen LogP contribution in [0, 0.1) is 0 Å². The molecule has 0 saturated heterocycles. The lowest BCUT2D eigenvalue weighted by atomic mass is 10.2. The third-order valence-corrected chi connectivity index (χ3v) is 3.12. The molecule has 0 aliphatic heterocycles. The zero-order valence-corrected chi connectivity index (χ0v) is 12.7. The summed E-state index contributed by atoms with van der Waals surface area (Å²) < 4.78 is 5.02. The number of pyridine rings is 1. The van der Waals surface area contributed by atoms with Crippen molar-refractivity contribution < 1.29 is 9.32 Å². The zero-order chi connectivity index (χ0) is 16.2. The van der Waals surface area contributed by atoms with E-state index in [1.165, 1.54) is 0 Å². The first-order valence-electron chi connectivity index (χ1n) is 6.97. The minimum Gasteiger partial charge on any atom is -0.363 e. The average Bonchev–Trinajstić information content (AvgIpc) is 3.06. The van der Waals surface area contributed by atoms with Crippen molar-refractivity contribution in [3.8, 4) is 11.4 Å². The predicted molar refractivity (Wildman–Crippen MR) is 86.3 cm³/mol. The average molecular weight is 309 g/mol. The van der Waals surface area contributed by atoms with Gasteiger partial charge in [0.15, 0.2) is 0 Å². The fourth-order valence-corrected chi connectivity index (χ4v) is 1.92. The third kappa shape index (κ3) is 3.34. The van der Waals surface area contributed by atoms with Crippen molar-refractivity contribution in [3.05, 3.63) is 54.6 Å². The number of hydrogen-bond donors (Lipinski definition) is 1. The number of nitrogens with zero attached hydrogens (tertiary/aromatic N) is 4. The second kappa shape index (κ2) is 6.27. The third-order valence-electron chi connectivity index (χ3n) is 3.12. The van der Waals surface area contributed by atoms with Gasteiger partial charge < -0.3 is 14.7 Å². The second-order valence-electron chi connectivity index (χ2n) is 5.04. The van der Waals surface area contributed by atoms with E-state index < -0.39 is 5.91 Å². The quantitative estimate of drug-likeness (QED) is 0.797. The summed E-state index contributed by atoms with van der Waals surface area (Å²) in [5, 5.41) is 6.51. The van der Waals surface area contributed by atoms with Crippen molar-refractivity contribution in [2.75, 3.05) is 24.3 Å². The smallest absolute Gasteiger partial charge is 0.316 e. The van der Waals surface area contributed by atoms with Gasteiger partial charge in [0.2, 0.25) is 5.82 Å². The topological polar surface area (TPSA) is 84.2 Å². The normalized spacial score (nSPS) is 10.3. The lowest BCUT2D eigenvalue weighted by Crippen LogP contribution is -2.12. The molecule has 0 unspecified atom stereocenters. The Hall–Kier alpha value is -3.22. The first-order chi connectivity index (χ1) is 11.1. The highest BCUT2D eigenvalue weighted by atomic mass is 16.5. The highest BCUT2D eigenvalue weighted by molar-refractivity contribution is 6.01. The van der Waals surface area contributed by atoms with E-state index in [-0.39, 0.29) is 5.89 Å². The molecule has 1 N–H and O–H groups in total. The van der Waals surface area contributed by atoms with Gasteiger partial charge in [0.05, 0.1) is 0 Å². The minimum absolute atomic E-state index is 0.0967. The van der Waals surface area contributed by atoms with E-state index in [1.54, 1.807) is 18.3 Å². The first-order valence-corrected chi connectivity index (χ1v) is 6.97. The molecule has 23 heavy (non-hydrogen) atoms. The molecule has 0 aliphatic rings. The van der Waals surface area contributed by atoms with Crippen LogP contribution in [0.25, 0.3) is 11.4 Å². The monoisotopic (exact) mass is 309 g/mol. The van der Waals surface area contributed by atoms with Gasteiger partial charge in [0.1, 0.15) is 5.82 Å². The standard InChI is InChI=1S/C16H15N5O2/c1-21(2)13-9-8-11(10-17-13)14-19-16(23-20-14)15(22)18-12-6-4-3-5-7-12/h3-10H,1-2H3,(H,18,22). The van der Waals surface area contributed by atoms with E-state index in [4.69, 9.17) is 4.52 Å². The number of aromatic nitrogens is 3. The Kier molecular flexibility index (Phi) is 4.01. The number of benzene rings is 1. The van der Waals surface area contributed by atoms with E-state index in [1.807, 2.05) is 49.3 Å². The van der Waals surface area contributed by atoms with E-state index in [0.717, 1.165) is 5.82 Å². The molecule has 1 aromatic carbocycles. The van der Waals surface area contributed by atoms with Crippen LogP contribution in [0.15, 0.2) is 53.2 Å². The lowest BCUT2D eigenvalue weighted by Gasteiger charge is -2.10. The number of anilines is 2. The summed E-state index contributed by atoms with van der Waals surface area (Å²) in [6.45, 7) is 0. The molecule has 0 fully saturated rings. The van der Waals surface area contributed by atoms with Crippen molar-refractivity contribution in [1.82, 2.24) is 15.1 Å². The minimum atomic E-state index is -0.451. The zero-order valence-electron chi connectivity index (χ0n) is 12.7. The summed E-state index contributed by atoms with van der Waals surface area (Å²) in [6.07, 6.45) is 1.64. The van der Waals surface area contributed by atoms with E-state index in [9.17, 15) is 4.79 Å². The maximum absolute atomic E-state index is 12.1. The maximum Gasteiger partial charge on any atom is 0.316 e. The molecule has 3 rings (SSSR count). The molecule has 7 nitrogen and oxygen atoms in total. The Morgan fingerprint density at radius 2 is 1.91 bits per heavy atom. The number of para-hydroxylation sites is 1. The van der Waals surface area contributed by atoms with E-state index in [2.05, 4.69) is 20.4 Å². The Labute approximate surface area is 133 Å². The highest BCUT2D eigenvalue weighted by Gasteiger charge is 2.16. The summed E-state index contributed by atoms with van der Waals surface area (Å²) in [5.41, 5.74) is 1.34. The number of carbonyl (C=O) groups is 1. The van der Waals surface area contributed by atoms with E-state index in [0.29, 0.717) is 17.1 Å². The Balaban J connectivity index is 1.76. The molecular weight excluding hydrogens is 294 g/mol. The van der Waals surface area contributed by atoms with Crippen LogP contribution in [0.4, 0.5) is 11.5 Å². The molecule has 2 heterocycles. The Bertz CT molecular complexity index is 797. The van der Waals surface area contributed by atoms with Crippen LogP contribution in [-0.4, -0.2) is 35.1 Å². The van der Waals surface area contributed by atoms with Crippen LogP contribution in [0.5, 0.6) is 0 Å². The molecule has 1 amide bonds. The number of carbonyl (C=O) groups excluding carboxylic acids is 1. The fraction of sp³-hybridized carbons (Fsp3) is 0.125. The first kappa shape index (κ1) is 14.7. The van der Waals surface area contributed by atoms with Crippen molar-refractivity contribution >= 4 is 17.4 Å². The summed E-state index contributed by atoms with van der Waals surface area (Å²) >= 11 is 0. The number of rotatable bonds is 4. The maximum atomic E-state index is 12.1. The molecule has 0 radical (unpaired) electrons. The van der Waals surface area contributed by atoms with Gasteiger partial charge in [-0.2, -0.15) is 4.98 Å². The summed E-state index contributed by atoms with van der Waals surface area (Å²) in [4.78, 5) is 22.3. The van der Waals surface area contributed by atoms with Gasteiger partial charge in [0.25, 0.3) is 0 Å². The van der Waals surface area contributed by atoms with Crippen LogP contribution < -0.4 is 10.2 Å². The molecule has 2 aromatic heterocycles. The van der Waals surface area contributed by atoms with Gasteiger partial charge in [-0.3, -0.25) is 4.79 Å². The lowest BCUT2D eigenvalue weighted by molar-refractivity contribution is 0.0981. The predicted octanol–water partition coefficient (Wildman–Crippen LogP) is 2.45. The fourth-order valence-electron chi connectivity index (χ4n) is 1.92. The summed E-state index contributed by atoms with van der Waals surface area (Å²) in [5.74, 6) is 0.591. The van der Waals surface area contributed by atoms with Crippen LogP contribution in [0.1, 0.15) is 10.7 Å². The number of nitrogens with one attached hydrogen (secondary N) is 1. The Morgan fingerprint density at radius 1 is 1.13 bits per heavy atom. The van der Waals surface area contributed by atoms with Crippen molar-refractivity contribution in [1.29, 1.82) is 0 Å². The summed E-state index contributed by atoms with van der Waals surface area (Å²) in [7, 11) is 3.81. The molecule has 3 aromatic rings.